The van der Waals surface area contributed by atoms with Gasteiger partial charge in [-0.05, 0) is 65.9 Å². The normalized spacial score (nSPS) is 17.1. The van der Waals surface area contributed by atoms with Gasteiger partial charge >= 0.3 is 0 Å². The number of hydrogen-bond acceptors (Lipinski definition) is 5. The largest absolute Gasteiger partial charge is 0.392 e. The van der Waals surface area contributed by atoms with E-state index in [9.17, 15) is 9.90 Å². The predicted molar refractivity (Wildman–Crippen MR) is 221 cm³/mol. The lowest BCUT2D eigenvalue weighted by Gasteiger charge is -2.38. The molecule has 1 saturated heterocycles. The summed E-state index contributed by atoms with van der Waals surface area (Å²) in [5, 5.41) is 12.8. The topological polar surface area (TPSA) is 71.0 Å². The van der Waals surface area contributed by atoms with Crippen molar-refractivity contribution in [3.05, 3.63) is 131 Å². The van der Waals surface area contributed by atoms with E-state index >= 15 is 0 Å². The number of benzene rings is 4. The van der Waals surface area contributed by atoms with E-state index in [0.29, 0.717) is 12.1 Å². The quantitative estimate of drug-likeness (QED) is 0.0743. The van der Waals surface area contributed by atoms with Crippen molar-refractivity contribution in [1.29, 1.82) is 0 Å². The summed E-state index contributed by atoms with van der Waals surface area (Å²) in [5.41, 5.74) is 6.89. The van der Waals surface area contributed by atoms with Crippen LogP contribution in [0.4, 0.5) is 0 Å². The van der Waals surface area contributed by atoms with Crippen LogP contribution in [-0.4, -0.2) is 41.7 Å². The van der Waals surface area contributed by atoms with E-state index in [1.165, 1.54) is 77.0 Å². The number of amides is 1. The van der Waals surface area contributed by atoms with Crippen LogP contribution in [0, 0.1) is 0 Å². The highest BCUT2D eigenvalue weighted by Gasteiger charge is 2.33. The maximum atomic E-state index is 12.8. The van der Waals surface area contributed by atoms with Gasteiger partial charge in [0.05, 0.1) is 18.8 Å². The van der Waals surface area contributed by atoms with E-state index in [-0.39, 0.29) is 24.7 Å². The van der Waals surface area contributed by atoms with Crippen LogP contribution in [0.5, 0.6) is 0 Å². The Morgan fingerprint density at radius 1 is 0.685 bits per heavy atom. The molecule has 2 N–H and O–H groups in total. The second-order valence-corrected chi connectivity index (χ2v) is 15.0. The first-order chi connectivity index (χ1) is 26.6. The van der Waals surface area contributed by atoms with Gasteiger partial charge in [0.25, 0.3) is 5.91 Å². The Labute approximate surface area is 325 Å². The molecule has 6 nitrogen and oxygen atoms in total. The number of nitrogens with one attached hydrogen (secondary N) is 1. The van der Waals surface area contributed by atoms with Crippen LogP contribution >= 0.6 is 0 Å². The lowest BCUT2D eigenvalue weighted by molar-refractivity contribution is -0.253. The van der Waals surface area contributed by atoms with E-state index in [1.807, 2.05) is 54.6 Å². The maximum absolute atomic E-state index is 12.8. The molecule has 4 aromatic rings. The van der Waals surface area contributed by atoms with Crippen molar-refractivity contribution in [2.75, 3.05) is 19.6 Å². The average molecular weight is 733 g/mol. The molecule has 1 aliphatic heterocycles. The summed E-state index contributed by atoms with van der Waals surface area (Å²) >= 11 is 0. The molecule has 1 aliphatic rings. The first kappa shape index (κ1) is 41.4. The van der Waals surface area contributed by atoms with Crippen molar-refractivity contribution in [2.24, 2.45) is 0 Å². The van der Waals surface area contributed by atoms with Gasteiger partial charge < -0.3 is 24.8 Å². The first-order valence-electron chi connectivity index (χ1n) is 20.8. The third kappa shape index (κ3) is 13.2. The van der Waals surface area contributed by atoms with Crippen molar-refractivity contribution >= 4 is 5.91 Å². The van der Waals surface area contributed by atoms with Crippen LogP contribution in [0.3, 0.4) is 0 Å². The van der Waals surface area contributed by atoms with Crippen LogP contribution in [0.15, 0.2) is 103 Å². The molecule has 6 heteroatoms. The molecule has 0 radical (unpaired) electrons. The molecule has 0 aromatic heterocycles. The van der Waals surface area contributed by atoms with Crippen LogP contribution in [0.1, 0.15) is 142 Å². The van der Waals surface area contributed by atoms with E-state index in [2.05, 4.69) is 72.6 Å². The second-order valence-electron chi connectivity index (χ2n) is 15.0. The number of nitrogens with zero attached hydrogens (tertiary/aromatic N) is 1. The smallest absolute Gasteiger partial charge is 0.251 e. The van der Waals surface area contributed by atoms with Gasteiger partial charge in [0, 0.05) is 30.6 Å². The van der Waals surface area contributed by atoms with Gasteiger partial charge in [0.1, 0.15) is 0 Å². The average Bonchev–Trinajstić information content (AvgIpc) is 3.22. The molecule has 1 heterocycles. The Kier molecular flexibility index (Phi) is 17.8. The van der Waals surface area contributed by atoms with Gasteiger partial charge in [-0.15, -0.1) is 0 Å². The van der Waals surface area contributed by atoms with Gasteiger partial charge in [0.2, 0.25) is 0 Å². The minimum Gasteiger partial charge on any atom is -0.392 e. The molecule has 4 aromatic carbocycles. The van der Waals surface area contributed by atoms with Crippen LogP contribution in [-0.2, 0) is 22.6 Å². The number of ether oxygens (including phenoxy) is 2. The molecule has 0 spiro atoms. The number of carbonyl (C=O) groups is 1. The molecule has 5 rings (SSSR count). The fourth-order valence-electron chi connectivity index (χ4n) is 7.49. The minimum absolute atomic E-state index is 0.0279. The Morgan fingerprint density at radius 2 is 1.28 bits per heavy atom. The fraction of sp³-hybridized carbons (Fsp3) is 0.479. The van der Waals surface area contributed by atoms with Gasteiger partial charge in [-0.1, -0.05) is 169 Å². The Morgan fingerprint density at radius 3 is 1.93 bits per heavy atom. The van der Waals surface area contributed by atoms with Gasteiger partial charge in [-0.25, -0.2) is 0 Å². The summed E-state index contributed by atoms with van der Waals surface area (Å²) in [4.78, 5) is 15.4. The van der Waals surface area contributed by atoms with Crippen molar-refractivity contribution in [1.82, 2.24) is 10.2 Å². The first-order valence-corrected chi connectivity index (χ1v) is 20.8. The number of rotatable bonds is 23. The SMILES string of the molecule is CCCCCCCCN(CCCCCCCC)CC1CC(c2ccc(CO)cc2)OC(c2ccc(-c3ccccc3CNC(=O)c3ccccc3)cc2)O1. The number of aliphatic hydroxyl groups excluding tert-OH is 1. The minimum atomic E-state index is -0.495. The zero-order valence-corrected chi connectivity index (χ0v) is 32.9. The molecule has 54 heavy (non-hydrogen) atoms. The standard InChI is InChI=1S/C48H64N2O4/c1-3-5-7-9-11-18-32-50(33-19-12-10-8-6-4-2)36-44-34-46(40-26-24-38(37-51)25-27-40)54-48(53-44)42-30-28-39(29-31-42)45-23-17-16-22-43(45)35-49-47(52)41-20-14-13-15-21-41/h13-17,20-31,44,46,48,51H,3-12,18-19,32-37H2,1-2H3,(H,49,52). The van der Waals surface area contributed by atoms with Gasteiger partial charge in [-0.3, -0.25) is 4.79 Å². The van der Waals surface area contributed by atoms with Crippen LogP contribution < -0.4 is 5.32 Å². The predicted octanol–water partition coefficient (Wildman–Crippen LogP) is 11.3. The van der Waals surface area contributed by atoms with E-state index in [0.717, 1.165) is 59.4 Å². The monoisotopic (exact) mass is 732 g/mol. The van der Waals surface area contributed by atoms with Crippen molar-refractivity contribution in [3.63, 3.8) is 0 Å². The second kappa shape index (κ2) is 23.2. The molecule has 0 bridgehead atoms. The summed E-state index contributed by atoms with van der Waals surface area (Å²) < 4.78 is 13.6. The highest BCUT2D eigenvalue weighted by atomic mass is 16.7. The van der Waals surface area contributed by atoms with Crippen molar-refractivity contribution in [2.45, 2.75) is 129 Å². The molecule has 290 valence electrons. The third-order valence-electron chi connectivity index (χ3n) is 10.7. The zero-order valence-electron chi connectivity index (χ0n) is 32.9. The Bertz CT molecular complexity index is 1610. The highest BCUT2D eigenvalue weighted by molar-refractivity contribution is 5.94. The fourth-order valence-corrected chi connectivity index (χ4v) is 7.49. The molecule has 0 saturated carbocycles. The van der Waals surface area contributed by atoms with E-state index < -0.39 is 6.29 Å². The highest BCUT2D eigenvalue weighted by Crippen LogP contribution is 2.39. The molecular weight excluding hydrogens is 669 g/mol. The van der Waals surface area contributed by atoms with Gasteiger partial charge in [-0.2, -0.15) is 0 Å². The number of hydrogen-bond donors (Lipinski definition) is 2. The van der Waals surface area contributed by atoms with Crippen LogP contribution in [0.2, 0.25) is 0 Å². The Balaban J connectivity index is 1.29. The summed E-state index contributed by atoms with van der Waals surface area (Å²) in [7, 11) is 0. The van der Waals surface area contributed by atoms with E-state index in [1.54, 1.807) is 0 Å². The summed E-state index contributed by atoms with van der Waals surface area (Å²) in [6.07, 6.45) is 15.8. The maximum Gasteiger partial charge on any atom is 0.251 e. The summed E-state index contributed by atoms with van der Waals surface area (Å²) in [6.45, 7) is 8.15. The molecule has 0 aliphatic carbocycles. The molecule has 3 atom stereocenters. The van der Waals surface area contributed by atoms with Crippen molar-refractivity contribution in [3.8, 4) is 11.1 Å². The number of unbranched alkanes of at least 4 members (excludes halogenated alkanes) is 10. The number of aliphatic hydroxyl groups is 1. The third-order valence-corrected chi connectivity index (χ3v) is 10.7. The van der Waals surface area contributed by atoms with Crippen LogP contribution in [0.25, 0.3) is 11.1 Å². The molecule has 3 unspecified atom stereocenters. The van der Waals surface area contributed by atoms with Gasteiger partial charge in [0.15, 0.2) is 6.29 Å². The molecular formula is C48H64N2O4. The summed E-state index contributed by atoms with van der Waals surface area (Å²) in [6, 6.07) is 34.3. The summed E-state index contributed by atoms with van der Waals surface area (Å²) in [5.74, 6) is -0.0834. The number of carbonyl (C=O) groups excluding carboxylic acids is 1. The Hall–Kier alpha value is -3.81. The molecule has 1 fully saturated rings. The van der Waals surface area contributed by atoms with E-state index in [4.69, 9.17) is 9.47 Å². The zero-order chi connectivity index (χ0) is 37.8. The molecule has 1 amide bonds. The van der Waals surface area contributed by atoms with Crippen molar-refractivity contribution < 1.29 is 19.4 Å². The lowest BCUT2D eigenvalue weighted by atomic mass is 9.97. The lowest BCUT2D eigenvalue weighted by Crippen LogP contribution is -2.40.